The number of nitrogens with one attached hydrogen (secondary N) is 1. The second-order valence-corrected chi connectivity index (χ2v) is 6.04. The lowest BCUT2D eigenvalue weighted by atomic mass is 10.1. The molecule has 26 heavy (non-hydrogen) atoms. The molecule has 0 radical (unpaired) electrons. The van der Waals surface area contributed by atoms with Crippen molar-refractivity contribution in [3.8, 4) is 5.75 Å². The molecule has 134 valence electrons. The molecular formula is C19H20N4O3. The van der Waals surface area contributed by atoms with Crippen LogP contribution in [-0.4, -0.2) is 34.1 Å². The van der Waals surface area contributed by atoms with E-state index in [1.54, 1.807) is 24.3 Å². The molecule has 7 nitrogen and oxygen atoms in total. The minimum absolute atomic E-state index is 0.180. The van der Waals surface area contributed by atoms with Crippen molar-refractivity contribution in [3.05, 3.63) is 63.9 Å². The smallest absolute Gasteiger partial charge is 0.278 e. The summed E-state index contributed by atoms with van der Waals surface area (Å²) in [5, 5.41) is 10.9. The zero-order valence-corrected chi connectivity index (χ0v) is 14.7. The van der Waals surface area contributed by atoms with Gasteiger partial charge >= 0.3 is 0 Å². The number of aryl methyl sites for hydroxylation is 2. The van der Waals surface area contributed by atoms with Gasteiger partial charge in [-0.15, -0.1) is 5.10 Å². The zero-order chi connectivity index (χ0) is 18.5. The van der Waals surface area contributed by atoms with Crippen molar-refractivity contribution >= 4 is 16.8 Å². The second-order valence-electron chi connectivity index (χ2n) is 6.04. The fourth-order valence-corrected chi connectivity index (χ4v) is 2.63. The molecule has 0 fully saturated rings. The predicted molar refractivity (Wildman–Crippen MR) is 98.2 cm³/mol. The molecule has 0 atom stereocenters. The van der Waals surface area contributed by atoms with Crippen molar-refractivity contribution in [1.82, 2.24) is 20.3 Å². The summed E-state index contributed by atoms with van der Waals surface area (Å²) in [6.07, 6.45) is 0. The Bertz CT molecular complexity index is 997. The van der Waals surface area contributed by atoms with Crippen LogP contribution in [0.25, 0.3) is 10.9 Å². The highest BCUT2D eigenvalue weighted by Crippen LogP contribution is 2.18. The van der Waals surface area contributed by atoms with E-state index in [1.807, 2.05) is 32.0 Å². The van der Waals surface area contributed by atoms with Gasteiger partial charge in [0.05, 0.1) is 11.9 Å². The van der Waals surface area contributed by atoms with E-state index >= 15 is 0 Å². The number of hydrogen-bond donors (Lipinski definition) is 1. The monoisotopic (exact) mass is 352 g/mol. The van der Waals surface area contributed by atoms with E-state index in [0.717, 1.165) is 16.0 Å². The van der Waals surface area contributed by atoms with Crippen LogP contribution in [0.15, 0.2) is 47.3 Å². The van der Waals surface area contributed by atoms with Crippen LogP contribution in [0, 0.1) is 13.8 Å². The Labute approximate surface area is 150 Å². The number of benzene rings is 2. The van der Waals surface area contributed by atoms with Gasteiger partial charge in [0.2, 0.25) is 5.91 Å². The van der Waals surface area contributed by atoms with Crippen LogP contribution >= 0.6 is 0 Å². The average molecular weight is 352 g/mol. The standard InChI is InChI=1S/C19H20N4O3/c1-13-7-8-17(14(2)11-13)26-10-9-20-18(24)12-23-19(25)15-5-3-4-6-16(15)21-22-23/h3-8,11H,9-10,12H2,1-2H3,(H,20,24). The summed E-state index contributed by atoms with van der Waals surface area (Å²) in [6.45, 7) is 4.50. The maximum Gasteiger partial charge on any atom is 0.278 e. The summed E-state index contributed by atoms with van der Waals surface area (Å²) in [6, 6.07) is 12.8. The Morgan fingerprint density at radius 2 is 2.00 bits per heavy atom. The average Bonchev–Trinajstić information content (AvgIpc) is 2.63. The van der Waals surface area contributed by atoms with Crippen molar-refractivity contribution in [2.75, 3.05) is 13.2 Å². The van der Waals surface area contributed by atoms with E-state index in [2.05, 4.69) is 15.6 Å². The van der Waals surface area contributed by atoms with Gasteiger partial charge in [-0.2, -0.15) is 0 Å². The third-order valence-corrected chi connectivity index (χ3v) is 3.93. The second kappa shape index (κ2) is 7.77. The molecule has 3 aromatic rings. The molecule has 7 heteroatoms. The molecule has 1 aromatic heterocycles. The summed E-state index contributed by atoms with van der Waals surface area (Å²) in [5.41, 5.74) is 2.40. The summed E-state index contributed by atoms with van der Waals surface area (Å²) in [7, 11) is 0. The normalized spacial score (nSPS) is 10.7. The van der Waals surface area contributed by atoms with Gasteiger partial charge in [-0.3, -0.25) is 9.59 Å². The van der Waals surface area contributed by atoms with Gasteiger partial charge in [-0.1, -0.05) is 35.0 Å². The van der Waals surface area contributed by atoms with Crippen molar-refractivity contribution in [2.45, 2.75) is 20.4 Å². The minimum Gasteiger partial charge on any atom is -0.491 e. The number of carbonyl (C=O) groups is 1. The number of carbonyl (C=O) groups excluding carboxylic acids is 1. The highest BCUT2D eigenvalue weighted by Gasteiger charge is 2.09. The van der Waals surface area contributed by atoms with Crippen LogP contribution in [0.4, 0.5) is 0 Å². The molecule has 0 aliphatic carbocycles. The van der Waals surface area contributed by atoms with E-state index in [0.29, 0.717) is 24.1 Å². The minimum atomic E-state index is -0.336. The van der Waals surface area contributed by atoms with Crippen molar-refractivity contribution in [3.63, 3.8) is 0 Å². The number of fused-ring (bicyclic) bond motifs is 1. The van der Waals surface area contributed by atoms with Gasteiger partial charge in [-0.05, 0) is 37.6 Å². The van der Waals surface area contributed by atoms with Gasteiger partial charge in [0, 0.05) is 0 Å². The van der Waals surface area contributed by atoms with Crippen molar-refractivity contribution in [2.24, 2.45) is 0 Å². The van der Waals surface area contributed by atoms with Gasteiger partial charge in [0.1, 0.15) is 24.4 Å². The molecular weight excluding hydrogens is 332 g/mol. The SMILES string of the molecule is Cc1ccc(OCCNC(=O)Cn2nnc3ccccc3c2=O)c(C)c1. The molecule has 0 aliphatic heterocycles. The predicted octanol–water partition coefficient (Wildman–Crippen LogP) is 1.60. The first kappa shape index (κ1) is 17.6. The van der Waals surface area contributed by atoms with Crippen molar-refractivity contribution < 1.29 is 9.53 Å². The quantitative estimate of drug-likeness (QED) is 0.681. The fraction of sp³-hybridized carbons (Fsp3) is 0.263. The van der Waals surface area contributed by atoms with E-state index in [-0.39, 0.29) is 18.0 Å². The number of ether oxygens (including phenoxy) is 1. The Hall–Kier alpha value is -3.22. The Balaban J connectivity index is 1.53. The molecule has 0 spiro atoms. The maximum absolute atomic E-state index is 12.3. The topological polar surface area (TPSA) is 86.1 Å². The maximum atomic E-state index is 12.3. The van der Waals surface area contributed by atoms with E-state index in [9.17, 15) is 9.59 Å². The third-order valence-electron chi connectivity index (χ3n) is 3.93. The third kappa shape index (κ3) is 4.05. The summed E-state index contributed by atoms with van der Waals surface area (Å²) in [4.78, 5) is 24.3. The molecule has 1 amide bonds. The van der Waals surface area contributed by atoms with Crippen molar-refractivity contribution in [1.29, 1.82) is 0 Å². The number of amides is 1. The van der Waals surface area contributed by atoms with Crippen LogP contribution in [0.2, 0.25) is 0 Å². The lowest BCUT2D eigenvalue weighted by Crippen LogP contribution is -2.36. The first-order valence-electron chi connectivity index (χ1n) is 8.34. The Kier molecular flexibility index (Phi) is 5.26. The number of nitrogens with zero attached hydrogens (tertiary/aromatic N) is 3. The Morgan fingerprint density at radius 3 is 2.81 bits per heavy atom. The number of rotatable bonds is 6. The molecule has 0 saturated carbocycles. The lowest BCUT2D eigenvalue weighted by molar-refractivity contribution is -0.122. The first-order chi connectivity index (χ1) is 12.5. The van der Waals surface area contributed by atoms with E-state index in [4.69, 9.17) is 4.74 Å². The molecule has 1 N–H and O–H groups in total. The summed E-state index contributed by atoms with van der Waals surface area (Å²) >= 11 is 0. The molecule has 0 bridgehead atoms. The lowest BCUT2D eigenvalue weighted by Gasteiger charge is -2.10. The highest BCUT2D eigenvalue weighted by atomic mass is 16.5. The largest absolute Gasteiger partial charge is 0.491 e. The fourth-order valence-electron chi connectivity index (χ4n) is 2.63. The van der Waals surface area contributed by atoms with Crippen LogP contribution in [0.1, 0.15) is 11.1 Å². The molecule has 0 saturated heterocycles. The van der Waals surface area contributed by atoms with Gasteiger partial charge in [0.15, 0.2) is 0 Å². The number of aromatic nitrogens is 3. The number of hydrogen-bond acceptors (Lipinski definition) is 5. The molecule has 0 aliphatic rings. The van der Waals surface area contributed by atoms with Crippen LogP contribution in [-0.2, 0) is 11.3 Å². The van der Waals surface area contributed by atoms with Gasteiger partial charge in [-0.25, -0.2) is 4.68 Å². The molecule has 1 heterocycles. The zero-order valence-electron chi connectivity index (χ0n) is 14.7. The highest BCUT2D eigenvalue weighted by molar-refractivity contribution is 5.78. The van der Waals surface area contributed by atoms with E-state index in [1.165, 1.54) is 5.56 Å². The Morgan fingerprint density at radius 1 is 1.19 bits per heavy atom. The van der Waals surface area contributed by atoms with Gasteiger partial charge in [0.25, 0.3) is 5.56 Å². The van der Waals surface area contributed by atoms with E-state index < -0.39 is 0 Å². The molecule has 2 aromatic carbocycles. The van der Waals surface area contributed by atoms with Crippen LogP contribution in [0.3, 0.4) is 0 Å². The van der Waals surface area contributed by atoms with Crippen LogP contribution in [0.5, 0.6) is 5.75 Å². The summed E-state index contributed by atoms with van der Waals surface area (Å²) in [5.74, 6) is 0.474. The van der Waals surface area contributed by atoms with Crippen LogP contribution < -0.4 is 15.6 Å². The molecule has 3 rings (SSSR count). The molecule has 0 unspecified atom stereocenters. The van der Waals surface area contributed by atoms with Gasteiger partial charge < -0.3 is 10.1 Å². The summed E-state index contributed by atoms with van der Waals surface area (Å²) < 4.78 is 6.72. The first-order valence-corrected chi connectivity index (χ1v) is 8.34.